The standard InChI is InChI=1S/C21H17N3O2/c22-17-6-7-19-18(13-17)24(14-16-4-2-1-3-5-16)21(25)20(26-19)12-15-8-10-23-11-9-15/h1-13H,14,22H2/b20-12+. The van der Waals surface area contributed by atoms with Crippen LogP contribution in [0.15, 0.2) is 78.8 Å². The summed E-state index contributed by atoms with van der Waals surface area (Å²) in [6, 6.07) is 18.8. The number of rotatable bonds is 3. The Bertz CT molecular complexity index is 969. The van der Waals surface area contributed by atoms with Gasteiger partial charge in [-0.15, -0.1) is 0 Å². The number of fused-ring (bicyclic) bond motifs is 1. The number of pyridine rings is 1. The third kappa shape index (κ3) is 3.15. The van der Waals surface area contributed by atoms with Gasteiger partial charge in [0.1, 0.15) is 0 Å². The third-order valence-corrected chi connectivity index (χ3v) is 4.14. The quantitative estimate of drug-likeness (QED) is 0.582. The maximum atomic E-state index is 13.1. The molecule has 5 heteroatoms. The monoisotopic (exact) mass is 343 g/mol. The van der Waals surface area contributed by atoms with Crippen LogP contribution < -0.4 is 15.4 Å². The summed E-state index contributed by atoms with van der Waals surface area (Å²) >= 11 is 0. The van der Waals surface area contributed by atoms with Gasteiger partial charge in [-0.2, -0.15) is 0 Å². The van der Waals surface area contributed by atoms with Crippen molar-refractivity contribution in [3.63, 3.8) is 0 Å². The molecule has 0 saturated carbocycles. The predicted molar refractivity (Wildman–Crippen MR) is 101 cm³/mol. The lowest BCUT2D eigenvalue weighted by molar-refractivity contribution is -0.117. The van der Waals surface area contributed by atoms with Crippen LogP contribution in [0.2, 0.25) is 0 Å². The number of nitrogens with zero attached hydrogens (tertiary/aromatic N) is 2. The number of benzene rings is 2. The summed E-state index contributed by atoms with van der Waals surface area (Å²) in [5.41, 5.74) is 9.06. The first-order valence-corrected chi connectivity index (χ1v) is 8.25. The van der Waals surface area contributed by atoms with Crippen LogP contribution in [0.1, 0.15) is 11.1 Å². The van der Waals surface area contributed by atoms with Crippen LogP contribution in [-0.4, -0.2) is 10.9 Å². The molecule has 5 nitrogen and oxygen atoms in total. The number of ether oxygens (including phenoxy) is 1. The lowest BCUT2D eigenvalue weighted by Gasteiger charge is -2.31. The second-order valence-electron chi connectivity index (χ2n) is 6.00. The molecule has 4 rings (SSSR count). The molecule has 26 heavy (non-hydrogen) atoms. The highest BCUT2D eigenvalue weighted by molar-refractivity contribution is 6.10. The Labute approximate surface area is 151 Å². The first-order valence-electron chi connectivity index (χ1n) is 8.25. The zero-order valence-electron chi connectivity index (χ0n) is 14.0. The summed E-state index contributed by atoms with van der Waals surface area (Å²) in [5.74, 6) is 0.670. The Hall–Kier alpha value is -3.60. The van der Waals surface area contributed by atoms with Gasteiger partial charge in [-0.25, -0.2) is 0 Å². The van der Waals surface area contributed by atoms with Crippen molar-refractivity contribution in [1.82, 2.24) is 4.98 Å². The molecule has 1 aromatic heterocycles. The van der Waals surface area contributed by atoms with Gasteiger partial charge in [0.15, 0.2) is 11.5 Å². The first kappa shape index (κ1) is 15.9. The number of carbonyl (C=O) groups is 1. The number of aromatic nitrogens is 1. The molecule has 0 bridgehead atoms. The second-order valence-corrected chi connectivity index (χ2v) is 6.00. The van der Waals surface area contributed by atoms with Crippen molar-refractivity contribution in [2.24, 2.45) is 0 Å². The van der Waals surface area contributed by atoms with Gasteiger partial charge in [0.25, 0.3) is 5.91 Å². The Morgan fingerprint density at radius 1 is 1.04 bits per heavy atom. The van der Waals surface area contributed by atoms with E-state index in [1.54, 1.807) is 41.6 Å². The average Bonchev–Trinajstić information content (AvgIpc) is 2.67. The fourth-order valence-corrected chi connectivity index (χ4v) is 2.86. The van der Waals surface area contributed by atoms with Crippen LogP contribution in [0.5, 0.6) is 5.75 Å². The zero-order valence-corrected chi connectivity index (χ0v) is 14.0. The molecular weight excluding hydrogens is 326 g/mol. The Kier molecular flexibility index (Phi) is 4.11. The predicted octanol–water partition coefficient (Wildman–Crippen LogP) is 3.63. The number of amides is 1. The van der Waals surface area contributed by atoms with Crippen LogP contribution in [0.3, 0.4) is 0 Å². The molecular formula is C21H17N3O2. The topological polar surface area (TPSA) is 68.5 Å². The molecule has 1 amide bonds. The van der Waals surface area contributed by atoms with E-state index in [2.05, 4.69) is 4.98 Å². The lowest BCUT2D eigenvalue weighted by atomic mass is 10.1. The largest absolute Gasteiger partial charge is 0.449 e. The summed E-state index contributed by atoms with van der Waals surface area (Å²) in [6.07, 6.45) is 5.08. The summed E-state index contributed by atoms with van der Waals surface area (Å²) in [4.78, 5) is 18.8. The van der Waals surface area contributed by atoms with E-state index < -0.39 is 0 Å². The van der Waals surface area contributed by atoms with E-state index in [0.717, 1.165) is 11.1 Å². The molecule has 0 aliphatic carbocycles. The molecule has 128 valence electrons. The number of carbonyl (C=O) groups excluding carboxylic acids is 1. The zero-order chi connectivity index (χ0) is 17.9. The highest BCUT2D eigenvalue weighted by atomic mass is 16.5. The molecule has 2 heterocycles. The van der Waals surface area contributed by atoms with E-state index in [-0.39, 0.29) is 11.7 Å². The number of nitrogens with two attached hydrogens (primary N) is 1. The first-order chi connectivity index (χ1) is 12.7. The van der Waals surface area contributed by atoms with Crippen LogP contribution in [0.25, 0.3) is 6.08 Å². The Morgan fingerprint density at radius 2 is 1.81 bits per heavy atom. The van der Waals surface area contributed by atoms with E-state index in [0.29, 0.717) is 23.7 Å². The molecule has 3 aromatic rings. The second kappa shape index (κ2) is 6.72. The minimum atomic E-state index is -0.205. The Balaban J connectivity index is 1.76. The van der Waals surface area contributed by atoms with Gasteiger partial charge in [-0.1, -0.05) is 30.3 Å². The highest BCUT2D eigenvalue weighted by Gasteiger charge is 2.30. The fourth-order valence-electron chi connectivity index (χ4n) is 2.86. The molecule has 0 atom stereocenters. The minimum Gasteiger partial charge on any atom is -0.449 e. The highest BCUT2D eigenvalue weighted by Crippen LogP contribution is 2.38. The van der Waals surface area contributed by atoms with E-state index in [4.69, 9.17) is 10.5 Å². The molecule has 0 spiro atoms. The van der Waals surface area contributed by atoms with Crippen LogP contribution >= 0.6 is 0 Å². The number of hydrogen-bond donors (Lipinski definition) is 1. The van der Waals surface area contributed by atoms with Crippen molar-refractivity contribution in [2.75, 3.05) is 10.6 Å². The minimum absolute atomic E-state index is 0.205. The maximum Gasteiger partial charge on any atom is 0.294 e. The Morgan fingerprint density at radius 3 is 2.58 bits per heavy atom. The number of nitrogen functional groups attached to an aromatic ring is 1. The van der Waals surface area contributed by atoms with Gasteiger partial charge >= 0.3 is 0 Å². The van der Waals surface area contributed by atoms with Crippen molar-refractivity contribution < 1.29 is 9.53 Å². The molecule has 0 unspecified atom stereocenters. The SMILES string of the molecule is Nc1ccc2c(c1)N(Cc1ccccc1)C(=O)/C(=C\c1ccncc1)O2. The molecule has 1 aliphatic heterocycles. The average molecular weight is 343 g/mol. The van der Waals surface area contributed by atoms with Gasteiger partial charge in [-0.3, -0.25) is 14.7 Å². The van der Waals surface area contributed by atoms with Gasteiger partial charge in [0.2, 0.25) is 0 Å². The third-order valence-electron chi connectivity index (χ3n) is 4.14. The van der Waals surface area contributed by atoms with Crippen LogP contribution in [0.4, 0.5) is 11.4 Å². The maximum absolute atomic E-state index is 13.1. The van der Waals surface area contributed by atoms with Crippen LogP contribution in [0, 0.1) is 0 Å². The smallest absolute Gasteiger partial charge is 0.294 e. The van der Waals surface area contributed by atoms with Crippen molar-refractivity contribution >= 4 is 23.4 Å². The molecule has 2 aromatic carbocycles. The van der Waals surface area contributed by atoms with Gasteiger partial charge in [0, 0.05) is 18.1 Å². The summed E-state index contributed by atoms with van der Waals surface area (Å²) in [6.45, 7) is 0.438. The number of anilines is 2. The van der Waals surface area contributed by atoms with Crippen molar-refractivity contribution in [3.8, 4) is 5.75 Å². The molecule has 0 fully saturated rings. The summed E-state index contributed by atoms with van der Waals surface area (Å²) < 4.78 is 5.87. The molecule has 2 N–H and O–H groups in total. The van der Waals surface area contributed by atoms with Crippen molar-refractivity contribution in [3.05, 3.63) is 89.9 Å². The van der Waals surface area contributed by atoms with Gasteiger partial charge in [0.05, 0.1) is 12.2 Å². The van der Waals surface area contributed by atoms with E-state index in [9.17, 15) is 4.79 Å². The number of hydrogen-bond acceptors (Lipinski definition) is 4. The van der Waals surface area contributed by atoms with E-state index >= 15 is 0 Å². The van der Waals surface area contributed by atoms with E-state index in [1.165, 1.54) is 0 Å². The molecule has 1 aliphatic rings. The normalized spacial score (nSPS) is 14.8. The fraction of sp³-hybridized carbons (Fsp3) is 0.0476. The summed E-state index contributed by atoms with van der Waals surface area (Å²) in [7, 11) is 0. The molecule has 0 radical (unpaired) electrons. The molecule has 0 saturated heterocycles. The van der Waals surface area contributed by atoms with Crippen LogP contribution in [-0.2, 0) is 11.3 Å². The van der Waals surface area contributed by atoms with Gasteiger partial charge < -0.3 is 10.5 Å². The van der Waals surface area contributed by atoms with Crippen molar-refractivity contribution in [2.45, 2.75) is 6.54 Å². The lowest BCUT2D eigenvalue weighted by Crippen LogP contribution is -2.36. The summed E-state index contributed by atoms with van der Waals surface area (Å²) in [5, 5.41) is 0. The van der Waals surface area contributed by atoms with E-state index in [1.807, 2.05) is 42.5 Å². The van der Waals surface area contributed by atoms with Crippen molar-refractivity contribution in [1.29, 1.82) is 0 Å². The van der Waals surface area contributed by atoms with Gasteiger partial charge in [-0.05, 0) is 47.5 Å².